The van der Waals surface area contributed by atoms with Crippen LogP contribution in [0.3, 0.4) is 0 Å². The Morgan fingerprint density at radius 3 is 2.60 bits per heavy atom. The van der Waals surface area contributed by atoms with E-state index in [-0.39, 0.29) is 24.0 Å². The van der Waals surface area contributed by atoms with Crippen molar-refractivity contribution in [1.29, 1.82) is 0 Å². The second kappa shape index (κ2) is 13.2. The van der Waals surface area contributed by atoms with Gasteiger partial charge in [-0.1, -0.05) is 63.2 Å². The third-order valence-corrected chi connectivity index (χ3v) is 14.4. The first kappa shape index (κ1) is 33.3. The Labute approximate surface area is 283 Å². The maximum Gasteiger partial charge on any atom is 0.223 e. The van der Waals surface area contributed by atoms with Crippen molar-refractivity contribution in [3.05, 3.63) is 47.8 Å². The van der Waals surface area contributed by atoms with E-state index in [1.807, 2.05) is 10.9 Å². The summed E-state index contributed by atoms with van der Waals surface area (Å²) in [5.74, 6) is 4.56. The second-order valence-corrected chi connectivity index (χ2v) is 17.2. The van der Waals surface area contributed by atoms with Gasteiger partial charge in [0.1, 0.15) is 5.69 Å². The number of hydrogen-bond donors (Lipinski definition) is 1. The maximum atomic E-state index is 12.9. The summed E-state index contributed by atoms with van der Waals surface area (Å²) >= 11 is 0. The molecule has 1 aromatic heterocycles. The summed E-state index contributed by atoms with van der Waals surface area (Å²) in [5, 5.41) is 11.4. The third kappa shape index (κ3) is 6.22. The van der Waals surface area contributed by atoms with Crippen molar-refractivity contribution in [2.75, 3.05) is 0 Å². The number of rotatable bonds is 10. The van der Waals surface area contributed by atoms with Gasteiger partial charge in [-0.15, -0.1) is 5.10 Å². The largest absolute Gasteiger partial charge is 0.374 e. The van der Waals surface area contributed by atoms with E-state index in [1.54, 1.807) is 0 Å². The van der Waals surface area contributed by atoms with E-state index in [1.165, 1.54) is 56.9 Å². The molecule has 47 heavy (non-hydrogen) atoms. The number of benzene rings is 1. The van der Waals surface area contributed by atoms with Crippen LogP contribution < -0.4 is 5.32 Å². The van der Waals surface area contributed by atoms with E-state index in [4.69, 9.17) is 9.47 Å². The predicted octanol–water partition coefficient (Wildman–Crippen LogP) is 8.15. The molecule has 7 heteroatoms. The van der Waals surface area contributed by atoms with Gasteiger partial charge in [-0.2, -0.15) is 0 Å². The van der Waals surface area contributed by atoms with Gasteiger partial charge < -0.3 is 14.8 Å². The van der Waals surface area contributed by atoms with Gasteiger partial charge in [0, 0.05) is 12.0 Å². The Hall–Kier alpha value is -2.25. The summed E-state index contributed by atoms with van der Waals surface area (Å²) in [5.41, 5.74) is 2.95. The maximum absolute atomic E-state index is 12.9. The Morgan fingerprint density at radius 1 is 1.04 bits per heavy atom. The minimum atomic E-state index is -0.0417. The first-order valence-electron chi connectivity index (χ1n) is 19.1. The number of amides is 1. The number of carbonyl (C=O) groups is 1. The second-order valence-electron chi connectivity index (χ2n) is 17.2. The van der Waals surface area contributed by atoms with Crippen LogP contribution in [0.15, 0.2) is 36.5 Å². The molecule has 0 bridgehead atoms. The van der Waals surface area contributed by atoms with Crippen molar-refractivity contribution in [1.82, 2.24) is 20.3 Å². The number of carbonyl (C=O) groups excluding carboxylic acids is 1. The van der Waals surface area contributed by atoms with Gasteiger partial charge in [0.2, 0.25) is 5.91 Å². The van der Waals surface area contributed by atoms with E-state index in [2.05, 4.69) is 87.5 Å². The molecule has 1 saturated heterocycles. The quantitative estimate of drug-likeness (QED) is 0.283. The molecule has 1 amide bonds. The highest BCUT2D eigenvalue weighted by Gasteiger charge is 2.65. The fourth-order valence-corrected chi connectivity index (χ4v) is 11.7. The van der Waals surface area contributed by atoms with Crippen LogP contribution in [0.5, 0.6) is 0 Å². The Bertz CT molecular complexity index is 1380. The lowest BCUT2D eigenvalue weighted by Crippen LogP contribution is -2.54. The van der Waals surface area contributed by atoms with Crippen LogP contribution in [0.25, 0.3) is 0 Å². The van der Waals surface area contributed by atoms with Crippen molar-refractivity contribution in [2.45, 2.75) is 143 Å². The molecule has 12 atom stereocenters. The van der Waals surface area contributed by atoms with Crippen molar-refractivity contribution < 1.29 is 14.3 Å². The van der Waals surface area contributed by atoms with Gasteiger partial charge in [0.25, 0.3) is 0 Å². The third-order valence-electron chi connectivity index (χ3n) is 14.4. The van der Waals surface area contributed by atoms with Crippen LogP contribution >= 0.6 is 0 Å². The topological polar surface area (TPSA) is 78.3 Å². The Morgan fingerprint density at radius 2 is 1.83 bits per heavy atom. The van der Waals surface area contributed by atoms with Crippen LogP contribution in [0.4, 0.5) is 0 Å². The Balaban J connectivity index is 0.915. The van der Waals surface area contributed by atoms with Crippen LogP contribution in [-0.4, -0.2) is 39.2 Å². The van der Waals surface area contributed by atoms with Gasteiger partial charge in [0.05, 0.1) is 37.7 Å². The minimum absolute atomic E-state index is 0.0417. The fraction of sp³-hybridized carbons (Fsp3) is 0.775. The molecule has 7 nitrogen and oxygen atoms in total. The normalized spacial score (nSPS) is 39.9. The van der Waals surface area contributed by atoms with Crippen molar-refractivity contribution in [3.63, 3.8) is 0 Å². The number of aromatic nitrogens is 3. The molecule has 0 unspecified atom stereocenters. The molecule has 2 aromatic rings. The average Bonchev–Trinajstić information content (AvgIpc) is 3.75. The molecule has 1 N–H and O–H groups in total. The monoisotopic (exact) mass is 644 g/mol. The highest BCUT2D eigenvalue weighted by molar-refractivity contribution is 5.78. The molecule has 0 spiro atoms. The molecule has 1 aliphatic heterocycles. The number of nitrogens with zero attached hydrogens (tertiary/aromatic N) is 3. The van der Waals surface area contributed by atoms with Crippen molar-refractivity contribution >= 4 is 5.91 Å². The van der Waals surface area contributed by atoms with E-state index >= 15 is 0 Å². The molecule has 4 saturated carbocycles. The number of fused-ring (bicyclic) bond motifs is 7. The SMILES string of the molecule is CC(C)n1cc(CNC(=O)[C@@H](C)CC[C@H]2O[C@H]3C[C@H]4[C@@H]5CC[C@@H]6C[C@@H](OCc7ccccc7)CC[C@]6(C)[C@H]5CC[C@]4(C)[C@H]3[C@@H]2C)nn1. The Kier molecular flexibility index (Phi) is 9.36. The molecule has 258 valence electrons. The highest BCUT2D eigenvalue weighted by Crippen LogP contribution is 2.70. The summed E-state index contributed by atoms with van der Waals surface area (Å²) in [4.78, 5) is 12.9. The molecule has 1 aromatic carbocycles. The standard InChI is InChI=1S/C40H60N4O3/c1-25(2)44-23-30(42-43-44)22-41-38(45)26(3)12-15-35-27(4)37-36(47-35)21-34-32-14-13-29-20-31(46-24-28-10-8-7-9-11-28)16-18-39(29,5)33(32)17-19-40(34,37)6/h7-11,23,25-27,29,31-37H,12-22,24H2,1-6H3,(H,41,45)/t26-,27+,29+,31-,32+,33-,34-,35+,36-,37-,39-,40-/m0/s1. The smallest absolute Gasteiger partial charge is 0.223 e. The van der Waals surface area contributed by atoms with Crippen molar-refractivity contribution in [3.8, 4) is 0 Å². The predicted molar refractivity (Wildman–Crippen MR) is 184 cm³/mol. The summed E-state index contributed by atoms with van der Waals surface area (Å²) in [7, 11) is 0. The lowest BCUT2D eigenvalue weighted by atomic mass is 9.44. The molecule has 7 rings (SSSR count). The van der Waals surface area contributed by atoms with E-state index in [9.17, 15) is 4.79 Å². The first-order valence-corrected chi connectivity index (χ1v) is 19.1. The fourth-order valence-electron chi connectivity index (χ4n) is 11.7. The first-order chi connectivity index (χ1) is 22.6. The van der Waals surface area contributed by atoms with Gasteiger partial charge in [0.15, 0.2) is 0 Å². The van der Waals surface area contributed by atoms with Gasteiger partial charge in [-0.3, -0.25) is 4.79 Å². The van der Waals surface area contributed by atoms with Crippen molar-refractivity contribution in [2.24, 2.45) is 52.3 Å². The van der Waals surface area contributed by atoms with Gasteiger partial charge in [-0.25, -0.2) is 4.68 Å². The summed E-state index contributed by atoms with van der Waals surface area (Å²) < 4.78 is 15.3. The molecule has 5 fully saturated rings. The number of hydrogen-bond acceptors (Lipinski definition) is 5. The number of nitrogens with one attached hydrogen (secondary N) is 1. The van der Waals surface area contributed by atoms with Gasteiger partial charge >= 0.3 is 0 Å². The summed E-state index contributed by atoms with van der Waals surface area (Å²) in [6.45, 7) is 15.2. The molecule has 2 heterocycles. The zero-order chi connectivity index (χ0) is 32.9. The van der Waals surface area contributed by atoms with Crippen LogP contribution in [0.1, 0.15) is 123 Å². The lowest BCUT2D eigenvalue weighted by Gasteiger charge is -2.61. The molecule has 4 aliphatic carbocycles. The lowest BCUT2D eigenvalue weighted by molar-refractivity contribution is -0.139. The summed E-state index contributed by atoms with van der Waals surface area (Å²) in [6, 6.07) is 11.0. The van der Waals surface area contributed by atoms with Crippen LogP contribution in [-0.2, 0) is 27.4 Å². The van der Waals surface area contributed by atoms with E-state index in [0.717, 1.165) is 48.8 Å². The highest BCUT2D eigenvalue weighted by atomic mass is 16.5. The zero-order valence-electron chi connectivity index (χ0n) is 29.9. The summed E-state index contributed by atoms with van der Waals surface area (Å²) in [6.07, 6.45) is 15.4. The molecular formula is C40H60N4O3. The molecule has 5 aliphatic rings. The molecule has 0 radical (unpaired) electrons. The van der Waals surface area contributed by atoms with Crippen LogP contribution in [0, 0.1) is 52.3 Å². The van der Waals surface area contributed by atoms with E-state index in [0.29, 0.717) is 41.4 Å². The minimum Gasteiger partial charge on any atom is -0.374 e. The average molecular weight is 645 g/mol. The van der Waals surface area contributed by atoms with Crippen LogP contribution in [0.2, 0.25) is 0 Å². The molecular weight excluding hydrogens is 584 g/mol. The van der Waals surface area contributed by atoms with Gasteiger partial charge in [-0.05, 0) is 130 Å². The number of ether oxygens (including phenoxy) is 2. The van der Waals surface area contributed by atoms with E-state index < -0.39 is 0 Å². The zero-order valence-corrected chi connectivity index (χ0v) is 29.9.